The fourth-order valence-corrected chi connectivity index (χ4v) is 2.70. The lowest BCUT2D eigenvalue weighted by molar-refractivity contribution is 0.312. The Morgan fingerprint density at radius 3 is 2.94 bits per heavy atom. The van der Waals surface area contributed by atoms with Crippen LogP contribution in [0.5, 0.6) is 0 Å². The number of H-pyrrole nitrogens is 1. The van der Waals surface area contributed by atoms with Crippen LogP contribution < -0.4 is 0 Å². The molecule has 0 saturated carbocycles. The predicted octanol–water partition coefficient (Wildman–Crippen LogP) is 2.76. The number of dihydropyridines is 1. The summed E-state index contributed by atoms with van der Waals surface area (Å²) in [5.41, 5.74) is 5.09. The molecule has 3 rings (SSSR count). The maximum atomic E-state index is 7.47. The Morgan fingerprint density at radius 1 is 1.39 bits per heavy atom. The molecule has 0 fully saturated rings. The molecular formula is C14H18N4. The second kappa shape index (κ2) is 3.90. The Kier molecular flexibility index (Phi) is 2.47. The molecule has 2 heterocycles. The molecule has 94 valence electrons. The van der Waals surface area contributed by atoms with Crippen LogP contribution >= 0.6 is 0 Å². The van der Waals surface area contributed by atoms with E-state index in [2.05, 4.69) is 29.0 Å². The highest BCUT2D eigenvalue weighted by molar-refractivity contribution is 6.16. The molecule has 1 aromatic rings. The van der Waals surface area contributed by atoms with Crippen LogP contribution in [0.15, 0.2) is 11.1 Å². The highest BCUT2D eigenvalue weighted by Crippen LogP contribution is 2.36. The summed E-state index contributed by atoms with van der Waals surface area (Å²) in [5.74, 6) is 0.421. The molecule has 0 unspecified atom stereocenters. The molecule has 0 atom stereocenters. The highest BCUT2D eigenvalue weighted by Gasteiger charge is 2.29. The van der Waals surface area contributed by atoms with E-state index in [9.17, 15) is 0 Å². The van der Waals surface area contributed by atoms with E-state index in [0.717, 1.165) is 24.1 Å². The van der Waals surface area contributed by atoms with E-state index in [0.29, 0.717) is 17.7 Å². The van der Waals surface area contributed by atoms with Crippen molar-refractivity contribution in [1.82, 2.24) is 10.2 Å². The molecule has 2 N–H and O–H groups in total. The lowest BCUT2D eigenvalue weighted by Gasteiger charge is -2.29. The van der Waals surface area contributed by atoms with Crippen LogP contribution in [0, 0.1) is 10.8 Å². The van der Waals surface area contributed by atoms with E-state index < -0.39 is 0 Å². The molecule has 1 aliphatic heterocycles. The van der Waals surface area contributed by atoms with Crippen LogP contribution in [0.1, 0.15) is 43.6 Å². The van der Waals surface area contributed by atoms with E-state index in [1.54, 1.807) is 6.21 Å². The minimum absolute atomic E-state index is 0.369. The van der Waals surface area contributed by atoms with Gasteiger partial charge < -0.3 is 0 Å². The van der Waals surface area contributed by atoms with Gasteiger partial charge in [0.15, 0.2) is 0 Å². The van der Waals surface area contributed by atoms with Gasteiger partial charge in [0.05, 0.1) is 5.69 Å². The monoisotopic (exact) mass is 242 g/mol. The van der Waals surface area contributed by atoms with E-state index in [1.807, 2.05) is 6.08 Å². The summed E-state index contributed by atoms with van der Waals surface area (Å²) in [7, 11) is 0. The normalized spacial score (nSPS) is 21.7. The number of aromatic amines is 1. The van der Waals surface area contributed by atoms with Gasteiger partial charge in [0.2, 0.25) is 0 Å². The van der Waals surface area contributed by atoms with Gasteiger partial charge in [-0.25, -0.2) is 4.99 Å². The highest BCUT2D eigenvalue weighted by atomic mass is 15.1. The van der Waals surface area contributed by atoms with Crippen molar-refractivity contribution in [2.75, 3.05) is 0 Å². The molecule has 0 radical (unpaired) electrons. The zero-order chi connectivity index (χ0) is 12.8. The lowest BCUT2D eigenvalue weighted by atomic mass is 9.76. The molecule has 0 aromatic carbocycles. The molecule has 0 spiro atoms. The molecule has 0 bridgehead atoms. The van der Waals surface area contributed by atoms with Crippen molar-refractivity contribution >= 4 is 17.6 Å². The van der Waals surface area contributed by atoms with Crippen LogP contribution in [0.4, 0.5) is 0 Å². The maximum Gasteiger partial charge on any atom is 0.124 e. The van der Waals surface area contributed by atoms with Gasteiger partial charge in [0.25, 0.3) is 0 Å². The average Bonchev–Trinajstić information content (AvgIpc) is 2.71. The summed E-state index contributed by atoms with van der Waals surface area (Å²) in [4.78, 5) is 4.08. The molecule has 1 aliphatic carbocycles. The van der Waals surface area contributed by atoms with Crippen molar-refractivity contribution in [3.63, 3.8) is 0 Å². The van der Waals surface area contributed by atoms with Gasteiger partial charge in [-0.05, 0) is 24.7 Å². The minimum atomic E-state index is 0.369. The van der Waals surface area contributed by atoms with Crippen LogP contribution in [0.3, 0.4) is 0 Å². The molecule has 0 saturated heterocycles. The number of hydrogen-bond acceptors (Lipinski definition) is 2. The van der Waals surface area contributed by atoms with Gasteiger partial charge in [-0.15, -0.1) is 0 Å². The van der Waals surface area contributed by atoms with Crippen molar-refractivity contribution < 1.29 is 0 Å². The lowest BCUT2D eigenvalue weighted by Crippen LogP contribution is -2.22. The SMILES string of the molecule is CC1(C)CCc2c(C3=CCC(=N)N=C3)n[nH]c2C1. The van der Waals surface area contributed by atoms with E-state index in [-0.39, 0.29) is 0 Å². The second-order valence-electron chi connectivity index (χ2n) is 5.94. The summed E-state index contributed by atoms with van der Waals surface area (Å²) >= 11 is 0. The average molecular weight is 242 g/mol. The van der Waals surface area contributed by atoms with Crippen molar-refractivity contribution in [1.29, 1.82) is 5.41 Å². The van der Waals surface area contributed by atoms with E-state index >= 15 is 0 Å². The third-order valence-corrected chi connectivity index (χ3v) is 3.81. The fourth-order valence-electron chi connectivity index (χ4n) is 2.70. The number of fused-ring (bicyclic) bond motifs is 1. The van der Waals surface area contributed by atoms with Gasteiger partial charge in [0.1, 0.15) is 5.84 Å². The number of aliphatic imine (C=N–C) groups is 1. The van der Waals surface area contributed by atoms with Crippen LogP contribution in [-0.4, -0.2) is 22.2 Å². The number of aromatic nitrogens is 2. The van der Waals surface area contributed by atoms with Crippen molar-refractivity contribution in [3.8, 4) is 0 Å². The first-order valence-corrected chi connectivity index (χ1v) is 6.43. The third-order valence-electron chi connectivity index (χ3n) is 3.81. The summed E-state index contributed by atoms with van der Waals surface area (Å²) in [6.07, 6.45) is 7.77. The minimum Gasteiger partial charge on any atom is -0.286 e. The molecule has 2 aliphatic rings. The topological polar surface area (TPSA) is 64.9 Å². The Morgan fingerprint density at radius 2 is 2.22 bits per heavy atom. The third kappa shape index (κ3) is 1.92. The molecule has 1 aromatic heterocycles. The summed E-state index contributed by atoms with van der Waals surface area (Å²) in [5, 5.41) is 15.1. The predicted molar refractivity (Wildman–Crippen MR) is 73.2 cm³/mol. The summed E-state index contributed by atoms with van der Waals surface area (Å²) in [6.45, 7) is 4.61. The summed E-state index contributed by atoms with van der Waals surface area (Å²) in [6, 6.07) is 0. The molecule has 0 amide bonds. The first kappa shape index (κ1) is 11.4. The Balaban J connectivity index is 1.95. The van der Waals surface area contributed by atoms with Crippen LogP contribution in [-0.2, 0) is 12.8 Å². The van der Waals surface area contributed by atoms with Crippen molar-refractivity contribution in [2.24, 2.45) is 10.4 Å². The Hall–Kier alpha value is -1.71. The number of nitrogens with zero attached hydrogens (tertiary/aromatic N) is 2. The van der Waals surface area contributed by atoms with Crippen LogP contribution in [0.2, 0.25) is 0 Å². The number of hydrogen-bond donors (Lipinski definition) is 2. The fraction of sp³-hybridized carbons (Fsp3) is 0.500. The number of amidine groups is 1. The molecular weight excluding hydrogens is 224 g/mol. The first-order chi connectivity index (χ1) is 8.55. The van der Waals surface area contributed by atoms with Crippen molar-refractivity contribution in [3.05, 3.63) is 23.0 Å². The Bertz CT molecular complexity index is 560. The first-order valence-electron chi connectivity index (χ1n) is 6.43. The molecule has 18 heavy (non-hydrogen) atoms. The van der Waals surface area contributed by atoms with Gasteiger partial charge in [-0.2, -0.15) is 5.10 Å². The molecule has 4 nitrogen and oxygen atoms in total. The quantitative estimate of drug-likeness (QED) is 0.781. The maximum absolute atomic E-state index is 7.47. The second-order valence-corrected chi connectivity index (χ2v) is 5.94. The van der Waals surface area contributed by atoms with Gasteiger partial charge in [0, 0.05) is 29.5 Å². The summed E-state index contributed by atoms with van der Waals surface area (Å²) < 4.78 is 0. The zero-order valence-corrected chi connectivity index (χ0v) is 10.9. The van der Waals surface area contributed by atoms with Crippen molar-refractivity contribution in [2.45, 2.75) is 39.5 Å². The van der Waals surface area contributed by atoms with Gasteiger partial charge in [-0.1, -0.05) is 19.9 Å². The standard InChI is InChI=1S/C14H18N4/c1-14(2)6-5-10-11(7-14)17-18-13(10)9-3-4-12(15)16-8-9/h3,8,15H,4-7H2,1-2H3,(H,17,18). The number of allylic oxidation sites excluding steroid dienone is 1. The van der Waals surface area contributed by atoms with Gasteiger partial charge >= 0.3 is 0 Å². The molecule has 4 heteroatoms. The van der Waals surface area contributed by atoms with Gasteiger partial charge in [-0.3, -0.25) is 10.5 Å². The number of rotatable bonds is 1. The van der Waals surface area contributed by atoms with Crippen LogP contribution in [0.25, 0.3) is 5.57 Å². The smallest absolute Gasteiger partial charge is 0.124 e. The van der Waals surface area contributed by atoms with E-state index in [4.69, 9.17) is 5.41 Å². The largest absolute Gasteiger partial charge is 0.286 e. The zero-order valence-electron chi connectivity index (χ0n) is 10.9. The van der Waals surface area contributed by atoms with E-state index in [1.165, 1.54) is 17.7 Å². The Labute approximate surface area is 107 Å². The number of nitrogens with one attached hydrogen (secondary N) is 2.